The Balaban J connectivity index is 1.90. The molecule has 2 aromatic carbocycles. The smallest absolute Gasteiger partial charge is 0.137 e. The Morgan fingerprint density at radius 2 is 1.78 bits per heavy atom. The highest BCUT2D eigenvalue weighted by molar-refractivity contribution is 5.81. The molecule has 0 heterocycles. The number of rotatable bonds is 8. The van der Waals surface area contributed by atoms with Gasteiger partial charge in [-0.1, -0.05) is 74.4 Å². The molecule has 0 amide bonds. The lowest BCUT2D eigenvalue weighted by molar-refractivity contribution is -0.118. The minimum Gasteiger partial charge on any atom is -0.299 e. The number of ketones is 1. The van der Waals surface area contributed by atoms with Gasteiger partial charge in [-0.15, -0.1) is 0 Å². The van der Waals surface area contributed by atoms with Crippen molar-refractivity contribution >= 4 is 5.78 Å². The van der Waals surface area contributed by atoms with Crippen LogP contribution < -0.4 is 0 Å². The van der Waals surface area contributed by atoms with E-state index in [1.165, 1.54) is 29.5 Å². The van der Waals surface area contributed by atoms with Crippen LogP contribution in [0.1, 0.15) is 61.3 Å². The van der Waals surface area contributed by atoms with E-state index in [4.69, 9.17) is 0 Å². The third kappa shape index (κ3) is 5.67. The Kier molecular flexibility index (Phi) is 6.58. The van der Waals surface area contributed by atoms with Gasteiger partial charge in [0.05, 0.1) is 0 Å². The molecule has 0 fully saturated rings. The van der Waals surface area contributed by atoms with Crippen LogP contribution in [-0.2, 0) is 17.6 Å². The lowest BCUT2D eigenvalue weighted by Crippen LogP contribution is -2.07. The fourth-order valence-corrected chi connectivity index (χ4v) is 2.98. The van der Waals surface area contributed by atoms with E-state index >= 15 is 0 Å². The van der Waals surface area contributed by atoms with Gasteiger partial charge in [-0.05, 0) is 42.4 Å². The van der Waals surface area contributed by atoms with Crippen molar-refractivity contribution in [3.05, 3.63) is 70.8 Å². The third-order valence-corrected chi connectivity index (χ3v) is 4.39. The Hall–Kier alpha value is -1.89. The fraction of sp³-hybridized carbons (Fsp3) is 0.409. The first kappa shape index (κ1) is 17.5. The van der Waals surface area contributed by atoms with Gasteiger partial charge in [-0.3, -0.25) is 4.79 Å². The van der Waals surface area contributed by atoms with Crippen LogP contribution in [0.3, 0.4) is 0 Å². The molecule has 0 aliphatic rings. The number of hydrogen-bond acceptors (Lipinski definition) is 1. The monoisotopic (exact) mass is 308 g/mol. The summed E-state index contributed by atoms with van der Waals surface area (Å²) < 4.78 is 0. The molecule has 0 radical (unpaired) electrons. The maximum Gasteiger partial charge on any atom is 0.137 e. The molecule has 0 saturated carbocycles. The Morgan fingerprint density at radius 3 is 2.43 bits per heavy atom. The summed E-state index contributed by atoms with van der Waals surface area (Å²) in [5.74, 6) is 0.602. The zero-order valence-corrected chi connectivity index (χ0v) is 14.6. The van der Waals surface area contributed by atoms with Crippen LogP contribution in [-0.4, -0.2) is 5.78 Å². The number of benzene rings is 2. The number of hydrogen-bond donors (Lipinski definition) is 0. The highest BCUT2D eigenvalue weighted by atomic mass is 16.1. The van der Waals surface area contributed by atoms with Crippen molar-refractivity contribution in [3.63, 3.8) is 0 Å². The van der Waals surface area contributed by atoms with Gasteiger partial charge in [-0.2, -0.15) is 0 Å². The predicted molar refractivity (Wildman–Crippen MR) is 98.0 cm³/mol. The van der Waals surface area contributed by atoms with E-state index in [-0.39, 0.29) is 5.92 Å². The summed E-state index contributed by atoms with van der Waals surface area (Å²) in [6.45, 7) is 6.43. The summed E-state index contributed by atoms with van der Waals surface area (Å²) in [5, 5.41) is 0. The summed E-state index contributed by atoms with van der Waals surface area (Å²) in [4.78, 5) is 12.3. The lowest BCUT2D eigenvalue weighted by Gasteiger charge is -2.12. The maximum atomic E-state index is 12.3. The SMILES string of the molecule is CCCCc1ccc(C(C)CC(=O)Cc2cccc(C)c2)cc1. The minimum absolute atomic E-state index is 0.285. The van der Waals surface area contributed by atoms with Gasteiger partial charge < -0.3 is 0 Å². The Bertz CT molecular complexity index is 625. The van der Waals surface area contributed by atoms with Crippen molar-refractivity contribution in [2.75, 3.05) is 0 Å². The molecule has 0 spiro atoms. The number of carbonyl (C=O) groups excluding carboxylic acids is 1. The first-order valence-corrected chi connectivity index (χ1v) is 8.74. The molecule has 0 aliphatic carbocycles. The number of aryl methyl sites for hydroxylation is 2. The molecule has 2 rings (SSSR count). The molecule has 122 valence electrons. The van der Waals surface area contributed by atoms with Crippen molar-refractivity contribution in [2.24, 2.45) is 0 Å². The molecule has 0 saturated heterocycles. The molecule has 1 unspecified atom stereocenters. The van der Waals surface area contributed by atoms with Gasteiger partial charge in [0.25, 0.3) is 0 Å². The second-order valence-corrected chi connectivity index (χ2v) is 6.65. The van der Waals surface area contributed by atoms with Crippen LogP contribution in [0.4, 0.5) is 0 Å². The van der Waals surface area contributed by atoms with E-state index in [0.717, 1.165) is 12.0 Å². The molecular weight excluding hydrogens is 280 g/mol. The molecule has 0 aliphatic heterocycles. The van der Waals surface area contributed by atoms with E-state index in [0.29, 0.717) is 18.6 Å². The Labute approximate surface area is 140 Å². The van der Waals surface area contributed by atoms with E-state index in [2.05, 4.69) is 57.2 Å². The Morgan fingerprint density at radius 1 is 1.04 bits per heavy atom. The van der Waals surface area contributed by atoms with Crippen molar-refractivity contribution < 1.29 is 4.79 Å². The average molecular weight is 308 g/mol. The quantitative estimate of drug-likeness (QED) is 0.616. The topological polar surface area (TPSA) is 17.1 Å². The molecule has 2 aromatic rings. The summed E-state index contributed by atoms with van der Waals surface area (Å²) >= 11 is 0. The second-order valence-electron chi connectivity index (χ2n) is 6.65. The molecule has 0 bridgehead atoms. The van der Waals surface area contributed by atoms with Crippen LogP contribution in [0, 0.1) is 6.92 Å². The van der Waals surface area contributed by atoms with E-state index < -0.39 is 0 Å². The summed E-state index contributed by atoms with van der Waals surface area (Å²) in [5.41, 5.74) is 5.00. The van der Waals surface area contributed by atoms with Crippen LogP contribution in [0.15, 0.2) is 48.5 Å². The number of Topliss-reactive ketones (excluding diaryl/α,β-unsaturated/α-hetero) is 1. The summed E-state index contributed by atoms with van der Waals surface area (Å²) in [6.07, 6.45) is 4.77. The summed E-state index contributed by atoms with van der Waals surface area (Å²) in [6, 6.07) is 17.0. The van der Waals surface area contributed by atoms with E-state index in [9.17, 15) is 4.79 Å². The van der Waals surface area contributed by atoms with Crippen LogP contribution in [0.5, 0.6) is 0 Å². The van der Waals surface area contributed by atoms with E-state index in [1.54, 1.807) is 0 Å². The van der Waals surface area contributed by atoms with Crippen LogP contribution in [0.25, 0.3) is 0 Å². The highest BCUT2D eigenvalue weighted by Crippen LogP contribution is 2.21. The second kappa shape index (κ2) is 8.67. The van der Waals surface area contributed by atoms with Gasteiger partial charge in [0.1, 0.15) is 5.78 Å². The molecule has 0 aromatic heterocycles. The van der Waals surface area contributed by atoms with Crippen molar-refractivity contribution in [1.82, 2.24) is 0 Å². The van der Waals surface area contributed by atoms with Crippen molar-refractivity contribution in [3.8, 4) is 0 Å². The van der Waals surface area contributed by atoms with Crippen molar-refractivity contribution in [2.45, 2.75) is 58.8 Å². The van der Waals surface area contributed by atoms with Crippen molar-refractivity contribution in [1.29, 1.82) is 0 Å². The zero-order valence-electron chi connectivity index (χ0n) is 14.6. The summed E-state index contributed by atoms with van der Waals surface area (Å²) in [7, 11) is 0. The lowest BCUT2D eigenvalue weighted by atomic mass is 9.92. The molecule has 0 N–H and O–H groups in total. The van der Waals surface area contributed by atoms with Gasteiger partial charge in [0.15, 0.2) is 0 Å². The maximum absolute atomic E-state index is 12.3. The molecule has 1 atom stereocenters. The zero-order chi connectivity index (χ0) is 16.7. The fourth-order valence-electron chi connectivity index (χ4n) is 2.98. The average Bonchev–Trinajstić information content (AvgIpc) is 2.53. The van der Waals surface area contributed by atoms with Gasteiger partial charge in [-0.25, -0.2) is 0 Å². The first-order valence-electron chi connectivity index (χ1n) is 8.74. The molecule has 1 nitrogen and oxygen atoms in total. The minimum atomic E-state index is 0.285. The van der Waals surface area contributed by atoms with Gasteiger partial charge in [0.2, 0.25) is 0 Å². The standard InChI is InChI=1S/C22H28O/c1-4-5-8-19-10-12-21(13-11-19)18(3)15-22(23)16-20-9-6-7-17(2)14-20/h6-7,9-14,18H,4-5,8,15-16H2,1-3H3. The number of unbranched alkanes of at least 4 members (excludes halogenated alkanes) is 1. The number of carbonyl (C=O) groups is 1. The first-order chi connectivity index (χ1) is 11.1. The van der Waals surface area contributed by atoms with E-state index in [1.807, 2.05) is 12.1 Å². The third-order valence-electron chi connectivity index (χ3n) is 4.39. The molecule has 23 heavy (non-hydrogen) atoms. The molecule has 1 heteroatoms. The molecular formula is C22H28O. The normalized spacial score (nSPS) is 12.1. The largest absolute Gasteiger partial charge is 0.299 e. The predicted octanol–water partition coefficient (Wildman–Crippen LogP) is 5.64. The highest BCUT2D eigenvalue weighted by Gasteiger charge is 2.12. The van der Waals surface area contributed by atoms with Crippen LogP contribution in [0.2, 0.25) is 0 Å². The van der Waals surface area contributed by atoms with Crippen LogP contribution >= 0.6 is 0 Å². The van der Waals surface area contributed by atoms with Gasteiger partial charge in [0, 0.05) is 12.8 Å². The van der Waals surface area contributed by atoms with Gasteiger partial charge >= 0.3 is 0 Å².